The van der Waals surface area contributed by atoms with E-state index in [9.17, 15) is 0 Å². The van der Waals surface area contributed by atoms with E-state index in [0.717, 1.165) is 12.2 Å². The van der Waals surface area contributed by atoms with Crippen molar-refractivity contribution in [2.75, 3.05) is 7.11 Å². The molecule has 0 heterocycles. The second-order valence-corrected chi connectivity index (χ2v) is 3.78. The van der Waals surface area contributed by atoms with Gasteiger partial charge in [-0.05, 0) is 50.5 Å². The van der Waals surface area contributed by atoms with Gasteiger partial charge in [-0.15, -0.1) is 0 Å². The summed E-state index contributed by atoms with van der Waals surface area (Å²) in [6.45, 7) is 6.37. The fourth-order valence-electron chi connectivity index (χ4n) is 1.34. The topological polar surface area (TPSA) is 9.23 Å². The highest BCUT2D eigenvalue weighted by Gasteiger charge is 1.98. The van der Waals surface area contributed by atoms with Gasteiger partial charge in [-0.25, -0.2) is 0 Å². The Hall–Kier alpha value is -1.24. The first-order chi connectivity index (χ1) is 6.63. The molecule has 0 N–H and O–H groups in total. The predicted molar refractivity (Wildman–Crippen MR) is 60.9 cm³/mol. The molecule has 0 saturated carbocycles. The van der Waals surface area contributed by atoms with Gasteiger partial charge in [0.15, 0.2) is 0 Å². The summed E-state index contributed by atoms with van der Waals surface area (Å²) in [4.78, 5) is 0. The molecule has 1 aromatic carbocycles. The Morgan fingerprint density at radius 3 is 2.57 bits per heavy atom. The molecule has 1 heteroatoms. The molecule has 1 nitrogen and oxygen atoms in total. The van der Waals surface area contributed by atoms with Crippen LogP contribution in [0, 0.1) is 6.92 Å². The van der Waals surface area contributed by atoms with E-state index in [1.54, 1.807) is 7.11 Å². The van der Waals surface area contributed by atoms with E-state index < -0.39 is 0 Å². The normalized spacial score (nSPS) is 9.71. The first kappa shape index (κ1) is 10.8. The zero-order valence-corrected chi connectivity index (χ0v) is 9.42. The number of allylic oxidation sites excluding steroid dienone is 2. The number of aryl methyl sites for hydroxylation is 1. The van der Waals surface area contributed by atoms with Gasteiger partial charge in [0, 0.05) is 0 Å². The minimum absolute atomic E-state index is 0.934. The van der Waals surface area contributed by atoms with Crippen LogP contribution in [0.4, 0.5) is 0 Å². The summed E-state index contributed by atoms with van der Waals surface area (Å²) in [5.74, 6) is 0.934. The molecule has 0 aliphatic heterocycles. The van der Waals surface area contributed by atoms with Crippen molar-refractivity contribution in [1.82, 2.24) is 0 Å². The first-order valence-electron chi connectivity index (χ1n) is 4.90. The highest BCUT2D eigenvalue weighted by Crippen LogP contribution is 2.17. The highest BCUT2D eigenvalue weighted by molar-refractivity contribution is 5.35. The summed E-state index contributed by atoms with van der Waals surface area (Å²) in [6, 6.07) is 6.23. The summed E-state index contributed by atoms with van der Waals surface area (Å²) < 4.78 is 5.16. The fourth-order valence-corrected chi connectivity index (χ4v) is 1.34. The molecule has 14 heavy (non-hydrogen) atoms. The molecule has 0 aromatic heterocycles. The lowest BCUT2D eigenvalue weighted by molar-refractivity contribution is 0.414. The summed E-state index contributed by atoms with van der Waals surface area (Å²) in [7, 11) is 1.70. The Bertz CT molecular complexity index is 333. The van der Waals surface area contributed by atoms with Gasteiger partial charge in [-0.3, -0.25) is 0 Å². The van der Waals surface area contributed by atoms with Gasteiger partial charge in [0.05, 0.1) is 7.11 Å². The molecule has 76 valence electrons. The van der Waals surface area contributed by atoms with Crippen LogP contribution < -0.4 is 4.74 Å². The number of rotatable bonds is 3. The minimum Gasteiger partial charge on any atom is -0.497 e. The minimum atomic E-state index is 0.934. The number of methoxy groups -OCH3 is 1. The van der Waals surface area contributed by atoms with E-state index in [0.29, 0.717) is 0 Å². The molecule has 0 bridgehead atoms. The molecule has 0 saturated heterocycles. The van der Waals surface area contributed by atoms with E-state index >= 15 is 0 Å². The summed E-state index contributed by atoms with van der Waals surface area (Å²) in [5, 5.41) is 0. The monoisotopic (exact) mass is 190 g/mol. The number of ether oxygens (including phenoxy) is 1. The van der Waals surface area contributed by atoms with Crippen LogP contribution in [-0.2, 0) is 6.42 Å². The average Bonchev–Trinajstić information content (AvgIpc) is 2.15. The Morgan fingerprint density at radius 1 is 1.36 bits per heavy atom. The van der Waals surface area contributed by atoms with Gasteiger partial charge in [-0.1, -0.05) is 17.7 Å². The molecule has 0 amide bonds. The van der Waals surface area contributed by atoms with Gasteiger partial charge in [0.2, 0.25) is 0 Å². The van der Waals surface area contributed by atoms with E-state index in [-0.39, 0.29) is 0 Å². The highest BCUT2D eigenvalue weighted by atomic mass is 16.5. The molecular formula is C13H18O. The van der Waals surface area contributed by atoms with Crippen LogP contribution in [0.3, 0.4) is 0 Å². The molecular weight excluding hydrogens is 172 g/mol. The van der Waals surface area contributed by atoms with E-state index in [1.165, 1.54) is 16.7 Å². The molecule has 1 rings (SSSR count). The van der Waals surface area contributed by atoms with Crippen molar-refractivity contribution in [3.63, 3.8) is 0 Å². The van der Waals surface area contributed by atoms with Crippen LogP contribution in [0.5, 0.6) is 5.75 Å². The lowest BCUT2D eigenvalue weighted by atomic mass is 10.0. The summed E-state index contributed by atoms with van der Waals surface area (Å²) >= 11 is 0. The third kappa shape index (κ3) is 2.91. The van der Waals surface area contributed by atoms with Crippen LogP contribution in [0.2, 0.25) is 0 Å². The lowest BCUT2D eigenvalue weighted by Crippen LogP contribution is -1.90. The Balaban J connectivity index is 2.84. The molecule has 0 unspecified atom stereocenters. The van der Waals surface area contributed by atoms with Crippen molar-refractivity contribution >= 4 is 0 Å². The molecule has 0 atom stereocenters. The third-order valence-corrected chi connectivity index (χ3v) is 2.28. The van der Waals surface area contributed by atoms with E-state index in [4.69, 9.17) is 4.74 Å². The van der Waals surface area contributed by atoms with Gasteiger partial charge >= 0.3 is 0 Å². The second kappa shape index (κ2) is 4.85. The van der Waals surface area contributed by atoms with Crippen LogP contribution >= 0.6 is 0 Å². The zero-order valence-electron chi connectivity index (χ0n) is 9.42. The summed E-state index contributed by atoms with van der Waals surface area (Å²) in [6.07, 6.45) is 3.26. The third-order valence-electron chi connectivity index (χ3n) is 2.28. The average molecular weight is 190 g/mol. The zero-order chi connectivity index (χ0) is 10.6. The van der Waals surface area contributed by atoms with Crippen molar-refractivity contribution in [2.24, 2.45) is 0 Å². The largest absolute Gasteiger partial charge is 0.497 e. The van der Waals surface area contributed by atoms with Crippen molar-refractivity contribution in [3.05, 3.63) is 41.0 Å². The molecule has 0 aliphatic rings. The molecule has 0 spiro atoms. The fraction of sp³-hybridized carbons (Fsp3) is 0.385. The van der Waals surface area contributed by atoms with Crippen molar-refractivity contribution in [1.29, 1.82) is 0 Å². The van der Waals surface area contributed by atoms with E-state index in [1.807, 2.05) is 6.07 Å². The van der Waals surface area contributed by atoms with Gasteiger partial charge in [-0.2, -0.15) is 0 Å². The van der Waals surface area contributed by atoms with Crippen LogP contribution in [0.15, 0.2) is 29.8 Å². The van der Waals surface area contributed by atoms with Gasteiger partial charge in [0.25, 0.3) is 0 Å². The second-order valence-electron chi connectivity index (χ2n) is 3.78. The molecule has 0 fully saturated rings. The quantitative estimate of drug-likeness (QED) is 0.663. The number of hydrogen-bond donors (Lipinski definition) is 0. The smallest absolute Gasteiger partial charge is 0.119 e. The van der Waals surface area contributed by atoms with Crippen LogP contribution in [0.1, 0.15) is 25.0 Å². The lowest BCUT2D eigenvalue weighted by Gasteiger charge is -2.06. The SMILES string of the molecule is COc1ccc(CC=C(C)C)c(C)c1. The maximum atomic E-state index is 5.16. The standard InChI is InChI=1S/C13H18O/c1-10(2)5-6-12-7-8-13(14-4)9-11(12)3/h5,7-9H,6H2,1-4H3. The Labute approximate surface area is 86.4 Å². The van der Waals surface area contributed by atoms with Crippen LogP contribution in [-0.4, -0.2) is 7.11 Å². The Morgan fingerprint density at radius 2 is 2.07 bits per heavy atom. The van der Waals surface area contributed by atoms with Crippen molar-refractivity contribution < 1.29 is 4.74 Å². The maximum absolute atomic E-state index is 5.16. The molecule has 0 aliphatic carbocycles. The molecule has 0 radical (unpaired) electrons. The summed E-state index contributed by atoms with van der Waals surface area (Å²) in [5.41, 5.74) is 4.02. The molecule has 1 aromatic rings. The predicted octanol–water partition coefficient (Wildman–Crippen LogP) is 3.51. The Kier molecular flexibility index (Phi) is 3.75. The van der Waals surface area contributed by atoms with Gasteiger partial charge < -0.3 is 4.74 Å². The number of benzene rings is 1. The number of hydrogen-bond acceptors (Lipinski definition) is 1. The van der Waals surface area contributed by atoms with Gasteiger partial charge in [0.1, 0.15) is 5.75 Å². The van der Waals surface area contributed by atoms with E-state index in [2.05, 4.69) is 39.0 Å². The van der Waals surface area contributed by atoms with Crippen molar-refractivity contribution in [3.8, 4) is 5.75 Å². The maximum Gasteiger partial charge on any atom is 0.119 e. The first-order valence-corrected chi connectivity index (χ1v) is 4.90. The van der Waals surface area contributed by atoms with Crippen molar-refractivity contribution in [2.45, 2.75) is 27.2 Å². The van der Waals surface area contributed by atoms with Crippen LogP contribution in [0.25, 0.3) is 0 Å².